The maximum Gasteiger partial charge on any atom is 0.159 e. The molecule has 53 heavy (non-hydrogen) atoms. The summed E-state index contributed by atoms with van der Waals surface area (Å²) >= 11 is 1.67. The molecule has 0 saturated carbocycles. The number of thiazole rings is 1. The highest BCUT2D eigenvalue weighted by atomic mass is 32.1. The van der Waals surface area contributed by atoms with Gasteiger partial charge < -0.3 is 4.90 Å². The van der Waals surface area contributed by atoms with Crippen LogP contribution < -0.4 is 4.90 Å². The molecule has 0 aliphatic heterocycles. The fourth-order valence-corrected chi connectivity index (χ4v) is 8.01. The van der Waals surface area contributed by atoms with Gasteiger partial charge in [-0.3, -0.25) is 0 Å². The summed E-state index contributed by atoms with van der Waals surface area (Å²) in [7, 11) is 0. The van der Waals surface area contributed by atoms with E-state index in [-0.39, 0.29) is 0 Å². The highest BCUT2D eigenvalue weighted by molar-refractivity contribution is 7.21. The summed E-state index contributed by atoms with van der Waals surface area (Å²) in [5.74, 6) is 0. The van der Waals surface area contributed by atoms with Gasteiger partial charge in [0.1, 0.15) is 21.6 Å². The van der Waals surface area contributed by atoms with Gasteiger partial charge in [-0.25, -0.2) is 18.9 Å². The Labute approximate surface area is 302 Å². The van der Waals surface area contributed by atoms with Crippen molar-refractivity contribution in [3.8, 4) is 32.8 Å². The van der Waals surface area contributed by atoms with Crippen molar-refractivity contribution >= 4 is 82.5 Å². The average molecular weight is 707 g/mol. The number of nitrogens with zero attached hydrogens (tertiary/aromatic N) is 8. The van der Waals surface area contributed by atoms with Crippen LogP contribution in [-0.2, 0) is 0 Å². The third-order valence-corrected chi connectivity index (χ3v) is 10.7. The zero-order chi connectivity index (χ0) is 34.9. The SMILES string of the molecule is c1ccc2cc(-c3ccc(N(c4cccc5nonc45)c4ccc(-c5ccc(-c6nc7ccccc7s6)cc5)c5nonc45)c4nonc34)ccc2c1. The Kier molecular flexibility index (Phi) is 6.45. The van der Waals surface area contributed by atoms with E-state index in [9.17, 15) is 0 Å². The molecule has 0 spiro atoms. The molecule has 4 aromatic heterocycles. The Morgan fingerprint density at radius 1 is 0.415 bits per heavy atom. The first-order chi connectivity index (χ1) is 26.3. The summed E-state index contributed by atoms with van der Waals surface area (Å²) in [6.45, 7) is 0. The largest absolute Gasteiger partial charge is 0.303 e. The van der Waals surface area contributed by atoms with Gasteiger partial charge in [0.15, 0.2) is 16.6 Å². The maximum atomic E-state index is 5.45. The van der Waals surface area contributed by atoms with Crippen LogP contribution in [-0.4, -0.2) is 35.9 Å². The normalized spacial score (nSPS) is 11.8. The molecule has 0 unspecified atom stereocenters. The van der Waals surface area contributed by atoms with Crippen LogP contribution in [0.15, 0.2) is 147 Å². The Morgan fingerprint density at radius 3 is 1.77 bits per heavy atom. The minimum Gasteiger partial charge on any atom is -0.303 e. The lowest BCUT2D eigenvalue weighted by Crippen LogP contribution is -2.12. The molecular weight excluding hydrogens is 685 g/mol. The van der Waals surface area contributed by atoms with Gasteiger partial charge in [-0.2, -0.15) is 0 Å². The van der Waals surface area contributed by atoms with Gasteiger partial charge in [-0.15, -0.1) is 11.3 Å². The van der Waals surface area contributed by atoms with Gasteiger partial charge in [0.2, 0.25) is 0 Å². The smallest absolute Gasteiger partial charge is 0.159 e. The van der Waals surface area contributed by atoms with Gasteiger partial charge in [0, 0.05) is 16.7 Å². The highest BCUT2D eigenvalue weighted by Crippen LogP contribution is 2.46. The van der Waals surface area contributed by atoms with Gasteiger partial charge in [-0.1, -0.05) is 78.9 Å². The minimum absolute atomic E-state index is 0.536. The topological polar surface area (TPSA) is 133 Å². The zero-order valence-corrected chi connectivity index (χ0v) is 28.2. The van der Waals surface area contributed by atoms with Crippen molar-refractivity contribution < 1.29 is 13.9 Å². The average Bonchev–Trinajstić information content (AvgIpc) is 4.05. The number of aromatic nitrogens is 7. The summed E-state index contributed by atoms with van der Waals surface area (Å²) in [6.07, 6.45) is 0. The molecule has 12 heteroatoms. The van der Waals surface area contributed by atoms with E-state index < -0.39 is 0 Å². The van der Waals surface area contributed by atoms with Gasteiger partial charge in [0.05, 0.1) is 27.3 Å². The second kappa shape index (κ2) is 11.6. The standard InChI is InChI=1S/C41H22N8O3S/c1-2-7-26-22-27(17-12-23(26)6-1)29-19-21-34(40-37(29)45-52-48-40)49(32-10-5-9-31-38(32)46-50-43-31)33-20-18-28(36-39(33)47-51-44-36)24-13-15-25(16-14-24)41-42-30-8-3-4-11-35(30)53-41/h1-22H. The van der Waals surface area contributed by atoms with Crippen molar-refractivity contribution in [2.45, 2.75) is 0 Å². The Hall–Kier alpha value is -7.31. The molecule has 0 fully saturated rings. The van der Waals surface area contributed by atoms with E-state index in [1.165, 1.54) is 0 Å². The molecule has 0 atom stereocenters. The molecule has 250 valence electrons. The van der Waals surface area contributed by atoms with Crippen LogP contribution in [0.4, 0.5) is 17.1 Å². The summed E-state index contributed by atoms with van der Waals surface area (Å²) in [5.41, 5.74) is 11.2. The van der Waals surface area contributed by atoms with Crippen LogP contribution >= 0.6 is 11.3 Å². The van der Waals surface area contributed by atoms with Crippen molar-refractivity contribution in [2.75, 3.05) is 4.90 Å². The van der Waals surface area contributed by atoms with E-state index in [0.29, 0.717) is 50.2 Å². The van der Waals surface area contributed by atoms with Crippen LogP contribution in [0.5, 0.6) is 0 Å². The van der Waals surface area contributed by atoms with Crippen LogP contribution in [0.25, 0.3) is 86.9 Å². The summed E-state index contributed by atoms with van der Waals surface area (Å²) in [5, 5.41) is 29.3. The van der Waals surface area contributed by atoms with E-state index in [1.54, 1.807) is 11.3 Å². The van der Waals surface area contributed by atoms with Crippen molar-refractivity contribution in [3.05, 3.63) is 133 Å². The summed E-state index contributed by atoms with van der Waals surface area (Å²) < 4.78 is 17.2. The molecule has 7 aromatic carbocycles. The lowest BCUT2D eigenvalue weighted by molar-refractivity contribution is 0.315. The monoisotopic (exact) mass is 706 g/mol. The lowest BCUT2D eigenvalue weighted by Gasteiger charge is -2.25. The summed E-state index contributed by atoms with van der Waals surface area (Å²) in [4.78, 5) is 6.82. The van der Waals surface area contributed by atoms with Gasteiger partial charge >= 0.3 is 0 Å². The number of para-hydroxylation sites is 1. The van der Waals surface area contributed by atoms with E-state index in [0.717, 1.165) is 53.8 Å². The highest BCUT2D eigenvalue weighted by Gasteiger charge is 2.27. The molecular formula is C41H22N8O3S. The fourth-order valence-electron chi connectivity index (χ4n) is 7.04. The third-order valence-electron chi connectivity index (χ3n) is 9.57. The van der Waals surface area contributed by atoms with E-state index in [1.807, 2.05) is 77.7 Å². The number of benzene rings is 7. The van der Waals surface area contributed by atoms with Crippen molar-refractivity contribution in [2.24, 2.45) is 0 Å². The van der Waals surface area contributed by atoms with Crippen LogP contribution in [0.3, 0.4) is 0 Å². The van der Waals surface area contributed by atoms with Crippen molar-refractivity contribution in [1.82, 2.24) is 35.9 Å². The first-order valence-corrected chi connectivity index (χ1v) is 17.6. The van der Waals surface area contributed by atoms with Crippen molar-refractivity contribution in [3.63, 3.8) is 0 Å². The van der Waals surface area contributed by atoms with Gasteiger partial charge in [0.25, 0.3) is 0 Å². The quantitative estimate of drug-likeness (QED) is 0.163. The maximum absolute atomic E-state index is 5.45. The second-order valence-corrected chi connectivity index (χ2v) is 13.6. The molecule has 4 heterocycles. The fraction of sp³-hybridized carbons (Fsp3) is 0. The zero-order valence-electron chi connectivity index (χ0n) is 27.4. The number of hydrogen-bond donors (Lipinski definition) is 0. The molecule has 0 saturated heterocycles. The molecule has 0 aliphatic rings. The molecule has 0 aliphatic carbocycles. The molecule has 0 radical (unpaired) electrons. The molecule has 0 bridgehead atoms. The molecule has 11 aromatic rings. The number of anilines is 3. The van der Waals surface area contributed by atoms with Crippen LogP contribution in [0.1, 0.15) is 0 Å². The molecule has 0 N–H and O–H groups in total. The first kappa shape index (κ1) is 29.4. The van der Waals surface area contributed by atoms with Crippen LogP contribution in [0.2, 0.25) is 0 Å². The van der Waals surface area contributed by atoms with E-state index in [4.69, 9.17) is 18.9 Å². The predicted molar refractivity (Wildman–Crippen MR) is 204 cm³/mol. The second-order valence-electron chi connectivity index (χ2n) is 12.6. The minimum atomic E-state index is 0.536. The number of hydrogen-bond acceptors (Lipinski definition) is 12. The molecule has 11 nitrogen and oxygen atoms in total. The van der Waals surface area contributed by atoms with Crippen molar-refractivity contribution in [1.29, 1.82) is 0 Å². The number of fused-ring (bicyclic) bond motifs is 5. The first-order valence-electron chi connectivity index (χ1n) is 16.7. The van der Waals surface area contributed by atoms with E-state index in [2.05, 4.69) is 91.6 Å². The molecule has 0 amide bonds. The Balaban J connectivity index is 1.06. The lowest BCUT2D eigenvalue weighted by atomic mass is 9.98. The Morgan fingerprint density at radius 2 is 1.00 bits per heavy atom. The van der Waals surface area contributed by atoms with Gasteiger partial charge in [-0.05, 0) is 107 Å². The van der Waals surface area contributed by atoms with E-state index >= 15 is 0 Å². The molecule has 11 rings (SSSR count). The predicted octanol–water partition coefficient (Wildman–Crippen LogP) is 10.5. The Bertz CT molecular complexity index is 3130. The van der Waals surface area contributed by atoms with Crippen LogP contribution in [0, 0.1) is 0 Å². The summed E-state index contributed by atoms with van der Waals surface area (Å²) in [6, 6.07) is 44.8. The third kappa shape index (κ3) is 4.70. The number of rotatable bonds is 6.